The molecule has 0 unspecified atom stereocenters. The van der Waals surface area contributed by atoms with Crippen LogP contribution >= 0.6 is 0 Å². The highest BCUT2D eigenvalue weighted by Gasteiger charge is 2.20. The van der Waals surface area contributed by atoms with Crippen molar-refractivity contribution in [3.05, 3.63) is 50.7 Å². The van der Waals surface area contributed by atoms with Crippen LogP contribution in [-0.4, -0.2) is 64.3 Å². The summed E-state index contributed by atoms with van der Waals surface area (Å²) in [4.78, 5) is 40.0. The summed E-state index contributed by atoms with van der Waals surface area (Å²) in [6, 6.07) is 6.34. The summed E-state index contributed by atoms with van der Waals surface area (Å²) >= 11 is 0. The number of benzene rings is 1. The van der Waals surface area contributed by atoms with Crippen molar-refractivity contribution in [1.82, 2.24) is 14.0 Å². The van der Waals surface area contributed by atoms with Gasteiger partial charge in [0.25, 0.3) is 5.56 Å². The molecule has 3 rings (SSSR count). The lowest BCUT2D eigenvalue weighted by molar-refractivity contribution is -0.116. The quantitative estimate of drug-likeness (QED) is 0.610. The second kappa shape index (κ2) is 9.82. The Bertz CT molecular complexity index is 1050. The number of carbonyl (C=O) groups is 1. The highest BCUT2D eigenvalue weighted by Crippen LogP contribution is 2.24. The molecule has 31 heavy (non-hydrogen) atoms. The highest BCUT2D eigenvalue weighted by atomic mass is 16.5. The molecule has 0 saturated carbocycles. The highest BCUT2D eigenvalue weighted by molar-refractivity contribution is 5.79. The molecule has 9 heteroatoms. The van der Waals surface area contributed by atoms with Crippen molar-refractivity contribution in [2.45, 2.75) is 19.8 Å². The largest absolute Gasteiger partial charge is 0.508 e. The second-order valence-electron chi connectivity index (χ2n) is 7.94. The number of ether oxygens (including phenoxy) is 1. The van der Waals surface area contributed by atoms with E-state index in [0.29, 0.717) is 23.7 Å². The van der Waals surface area contributed by atoms with Gasteiger partial charge in [-0.2, -0.15) is 0 Å². The van der Waals surface area contributed by atoms with E-state index in [9.17, 15) is 19.5 Å². The van der Waals surface area contributed by atoms with Crippen molar-refractivity contribution >= 4 is 11.6 Å². The van der Waals surface area contributed by atoms with Gasteiger partial charge in [0.05, 0.1) is 6.61 Å². The minimum Gasteiger partial charge on any atom is -0.508 e. The van der Waals surface area contributed by atoms with E-state index in [1.807, 2.05) is 0 Å². The Morgan fingerprint density at radius 3 is 2.45 bits per heavy atom. The second-order valence-corrected chi connectivity index (χ2v) is 7.94. The molecule has 1 aliphatic rings. The number of piperazine rings is 1. The lowest BCUT2D eigenvalue weighted by Crippen LogP contribution is -2.49. The summed E-state index contributed by atoms with van der Waals surface area (Å²) in [5.74, 6) is 1.42. The zero-order chi connectivity index (χ0) is 22.5. The van der Waals surface area contributed by atoms with Gasteiger partial charge in [0, 0.05) is 64.9 Å². The summed E-state index contributed by atoms with van der Waals surface area (Å²) < 4.78 is 8.47. The predicted octanol–water partition coefficient (Wildman–Crippen LogP) is 0.512. The molecular formula is C22H30N4O5. The molecule has 0 radical (unpaired) electrons. The van der Waals surface area contributed by atoms with Gasteiger partial charge < -0.3 is 14.7 Å². The maximum absolute atomic E-state index is 12.2. The molecule has 1 saturated heterocycles. The van der Waals surface area contributed by atoms with Crippen LogP contribution in [0.5, 0.6) is 11.5 Å². The molecule has 0 amide bonds. The van der Waals surface area contributed by atoms with Gasteiger partial charge in [-0.15, -0.1) is 0 Å². The van der Waals surface area contributed by atoms with Crippen molar-refractivity contribution in [3.63, 3.8) is 0 Å². The van der Waals surface area contributed by atoms with E-state index >= 15 is 0 Å². The third-order valence-corrected chi connectivity index (χ3v) is 5.56. The molecule has 1 fully saturated rings. The number of nitrogens with zero attached hydrogens (tertiary/aromatic N) is 4. The number of aromatic hydroxyl groups is 1. The number of hydrogen-bond donors (Lipinski definition) is 1. The van der Waals surface area contributed by atoms with Crippen LogP contribution in [0.2, 0.25) is 0 Å². The number of phenols is 1. The van der Waals surface area contributed by atoms with Crippen LogP contribution in [0.4, 0.5) is 5.82 Å². The molecule has 168 valence electrons. The fraction of sp³-hybridized carbons (Fsp3) is 0.500. The van der Waals surface area contributed by atoms with Gasteiger partial charge in [-0.3, -0.25) is 23.6 Å². The molecule has 0 aliphatic carbocycles. The first-order valence-electron chi connectivity index (χ1n) is 10.4. The first kappa shape index (κ1) is 22.6. The van der Waals surface area contributed by atoms with Gasteiger partial charge in [0.1, 0.15) is 23.1 Å². The molecule has 1 aromatic carbocycles. The molecule has 9 nitrogen and oxygen atoms in total. The number of Topliss-reactive ketones (excluding diaryl/α,β-unsaturated/α-hetero) is 1. The Morgan fingerprint density at radius 2 is 1.77 bits per heavy atom. The average molecular weight is 431 g/mol. The van der Waals surface area contributed by atoms with E-state index < -0.39 is 0 Å². The Labute approximate surface area is 181 Å². The van der Waals surface area contributed by atoms with Crippen LogP contribution in [0, 0.1) is 0 Å². The Hall–Kier alpha value is -3.07. The van der Waals surface area contributed by atoms with Gasteiger partial charge in [-0.05, 0) is 31.5 Å². The number of ketones is 1. The van der Waals surface area contributed by atoms with Gasteiger partial charge >= 0.3 is 5.69 Å². The van der Waals surface area contributed by atoms with E-state index in [1.165, 1.54) is 24.6 Å². The maximum Gasteiger partial charge on any atom is 0.332 e. The fourth-order valence-electron chi connectivity index (χ4n) is 3.81. The molecule has 1 aromatic heterocycles. The monoisotopic (exact) mass is 430 g/mol. The molecule has 2 heterocycles. The Morgan fingerprint density at radius 1 is 1.06 bits per heavy atom. The molecule has 0 spiro atoms. The van der Waals surface area contributed by atoms with E-state index in [-0.39, 0.29) is 29.2 Å². The van der Waals surface area contributed by atoms with Gasteiger partial charge in [-0.1, -0.05) is 0 Å². The Kier molecular flexibility index (Phi) is 7.17. The zero-order valence-electron chi connectivity index (χ0n) is 18.3. The minimum absolute atomic E-state index is 0.0158. The van der Waals surface area contributed by atoms with Crippen LogP contribution in [0.1, 0.15) is 18.9 Å². The Balaban J connectivity index is 1.48. The minimum atomic E-state index is -0.319. The van der Waals surface area contributed by atoms with E-state index in [4.69, 9.17) is 4.74 Å². The predicted molar refractivity (Wildman–Crippen MR) is 118 cm³/mol. The summed E-state index contributed by atoms with van der Waals surface area (Å²) in [5, 5.41) is 9.64. The number of aromatic nitrogens is 2. The van der Waals surface area contributed by atoms with Gasteiger partial charge in [-0.25, -0.2) is 4.79 Å². The van der Waals surface area contributed by atoms with Crippen molar-refractivity contribution in [2.24, 2.45) is 14.1 Å². The lowest BCUT2D eigenvalue weighted by atomic mass is 10.1. The van der Waals surface area contributed by atoms with Crippen molar-refractivity contribution in [2.75, 3.05) is 44.2 Å². The molecular weight excluding hydrogens is 400 g/mol. The van der Waals surface area contributed by atoms with Gasteiger partial charge in [0.15, 0.2) is 0 Å². The third kappa shape index (κ3) is 5.55. The first-order chi connectivity index (χ1) is 14.8. The fourth-order valence-corrected chi connectivity index (χ4v) is 3.81. The van der Waals surface area contributed by atoms with E-state index in [1.54, 1.807) is 25.2 Å². The zero-order valence-corrected chi connectivity index (χ0v) is 18.3. The molecule has 0 bridgehead atoms. The van der Waals surface area contributed by atoms with E-state index in [0.717, 1.165) is 43.7 Å². The topological polar surface area (TPSA) is 97.0 Å². The summed E-state index contributed by atoms with van der Waals surface area (Å²) in [6.07, 6.45) is 1.06. The normalized spacial score (nSPS) is 14.6. The molecule has 2 aromatic rings. The average Bonchev–Trinajstić information content (AvgIpc) is 2.73. The summed E-state index contributed by atoms with van der Waals surface area (Å²) in [6.45, 7) is 6.03. The van der Waals surface area contributed by atoms with Gasteiger partial charge in [0.2, 0.25) is 0 Å². The number of rotatable bonds is 8. The lowest BCUT2D eigenvalue weighted by Gasteiger charge is -2.36. The van der Waals surface area contributed by atoms with Crippen LogP contribution < -0.4 is 20.9 Å². The molecule has 1 aliphatic heterocycles. The summed E-state index contributed by atoms with van der Waals surface area (Å²) in [5.41, 5.74) is 0.0808. The molecule has 0 atom stereocenters. The van der Waals surface area contributed by atoms with Crippen molar-refractivity contribution in [1.29, 1.82) is 0 Å². The number of carbonyl (C=O) groups excluding carboxylic acids is 1. The summed E-state index contributed by atoms with van der Waals surface area (Å²) in [7, 11) is 3.17. The van der Waals surface area contributed by atoms with Crippen LogP contribution in [0.25, 0.3) is 0 Å². The van der Waals surface area contributed by atoms with Crippen molar-refractivity contribution in [3.8, 4) is 11.5 Å². The first-order valence-corrected chi connectivity index (χ1v) is 10.4. The number of phenolic OH excluding ortho intramolecular Hbond substituents is 1. The molecule has 1 N–H and O–H groups in total. The van der Waals surface area contributed by atoms with E-state index in [2.05, 4.69) is 9.80 Å². The third-order valence-electron chi connectivity index (χ3n) is 5.56. The van der Waals surface area contributed by atoms with Crippen LogP contribution in [0.15, 0.2) is 33.9 Å². The standard InChI is InChI=1S/C22H30N4O5/c1-16(27)13-17-14-18(28)5-6-19(17)31-12-4-7-25-8-10-26(11-9-25)20-15-21(29)24(3)22(30)23(20)2/h5-6,14-15,28H,4,7-13H2,1-3H3. The van der Waals surface area contributed by atoms with Crippen molar-refractivity contribution < 1.29 is 14.6 Å². The van der Waals surface area contributed by atoms with Crippen LogP contribution in [0.3, 0.4) is 0 Å². The smallest absolute Gasteiger partial charge is 0.332 e. The maximum atomic E-state index is 12.2. The van der Waals surface area contributed by atoms with Crippen LogP contribution in [-0.2, 0) is 25.3 Å². The number of anilines is 1. The SMILES string of the molecule is CC(=O)Cc1cc(O)ccc1OCCCN1CCN(c2cc(=O)n(C)c(=O)n2C)CC1. The number of hydrogen-bond acceptors (Lipinski definition) is 7.